The standard InChI is InChI=1S/C10H18N2O7/c1-4(13)12-7-9(16)8(15)5(19-10(7)17)3-18-6(14)2-11/h5,7-10,15-17H,2-3,11H2,1H3,(H,12,13)/t5-,7-,8-,9-,10?/m1/s1. The van der Waals surface area contributed by atoms with Crippen LogP contribution in [0.4, 0.5) is 0 Å². The highest BCUT2D eigenvalue weighted by atomic mass is 16.6. The molecule has 0 radical (unpaired) electrons. The zero-order valence-electron chi connectivity index (χ0n) is 10.4. The first-order valence-electron chi connectivity index (χ1n) is 5.69. The number of esters is 1. The van der Waals surface area contributed by atoms with Gasteiger partial charge in [-0.2, -0.15) is 0 Å². The Hall–Kier alpha value is -1.26. The summed E-state index contributed by atoms with van der Waals surface area (Å²) in [5.41, 5.74) is 5.03. The SMILES string of the molecule is CC(=O)N[C@H]1C(O)O[C@H](COC(=O)CN)[C@@H](O)[C@@H]1O. The van der Waals surface area contributed by atoms with Crippen LogP contribution in [0.2, 0.25) is 0 Å². The van der Waals surface area contributed by atoms with Crippen molar-refractivity contribution < 1.29 is 34.4 Å². The molecule has 0 aromatic heterocycles. The quantitative estimate of drug-likeness (QED) is 0.331. The molecule has 0 aliphatic carbocycles. The van der Waals surface area contributed by atoms with E-state index in [9.17, 15) is 24.9 Å². The molecule has 9 nitrogen and oxygen atoms in total. The number of hydrogen-bond acceptors (Lipinski definition) is 8. The van der Waals surface area contributed by atoms with Gasteiger partial charge in [0.05, 0.1) is 6.54 Å². The van der Waals surface area contributed by atoms with Crippen LogP contribution in [-0.2, 0) is 19.1 Å². The van der Waals surface area contributed by atoms with Gasteiger partial charge in [0.25, 0.3) is 0 Å². The molecule has 0 bridgehead atoms. The average molecular weight is 278 g/mol. The normalized spacial score (nSPS) is 34.7. The molecule has 110 valence electrons. The summed E-state index contributed by atoms with van der Waals surface area (Å²) < 4.78 is 9.65. The highest BCUT2D eigenvalue weighted by Gasteiger charge is 2.44. The third kappa shape index (κ3) is 4.11. The molecule has 1 aliphatic heterocycles. The van der Waals surface area contributed by atoms with Crippen molar-refractivity contribution >= 4 is 11.9 Å². The van der Waals surface area contributed by atoms with Gasteiger partial charge in [-0.3, -0.25) is 9.59 Å². The number of hydrogen-bond donors (Lipinski definition) is 5. The number of carbonyl (C=O) groups excluding carboxylic acids is 2. The summed E-state index contributed by atoms with van der Waals surface area (Å²) in [6.07, 6.45) is -5.51. The molecule has 1 fully saturated rings. The Bertz CT molecular complexity index is 338. The Morgan fingerprint density at radius 1 is 1.32 bits per heavy atom. The van der Waals surface area contributed by atoms with Gasteiger partial charge in [0.2, 0.25) is 5.91 Å². The number of carbonyl (C=O) groups is 2. The van der Waals surface area contributed by atoms with Crippen LogP contribution in [0.15, 0.2) is 0 Å². The minimum Gasteiger partial charge on any atom is -0.462 e. The van der Waals surface area contributed by atoms with Gasteiger partial charge < -0.3 is 35.8 Å². The van der Waals surface area contributed by atoms with Crippen molar-refractivity contribution in [2.45, 2.75) is 37.6 Å². The van der Waals surface area contributed by atoms with Gasteiger partial charge in [-0.25, -0.2) is 0 Å². The number of aliphatic hydroxyl groups excluding tert-OH is 3. The first kappa shape index (κ1) is 15.8. The Morgan fingerprint density at radius 3 is 2.47 bits per heavy atom. The number of rotatable bonds is 4. The fourth-order valence-electron chi connectivity index (χ4n) is 1.71. The zero-order chi connectivity index (χ0) is 14.6. The van der Waals surface area contributed by atoms with Gasteiger partial charge in [0.15, 0.2) is 6.29 Å². The predicted octanol–water partition coefficient (Wildman–Crippen LogP) is -3.57. The second kappa shape index (κ2) is 6.78. The second-order valence-electron chi connectivity index (χ2n) is 4.16. The fraction of sp³-hybridized carbons (Fsp3) is 0.800. The van der Waals surface area contributed by atoms with Crippen molar-refractivity contribution in [2.75, 3.05) is 13.2 Å². The monoisotopic (exact) mass is 278 g/mol. The van der Waals surface area contributed by atoms with Crippen molar-refractivity contribution in [2.24, 2.45) is 5.73 Å². The van der Waals surface area contributed by atoms with Crippen LogP contribution in [0.25, 0.3) is 0 Å². The number of ether oxygens (including phenoxy) is 2. The van der Waals surface area contributed by atoms with Crippen molar-refractivity contribution in [1.29, 1.82) is 0 Å². The van der Waals surface area contributed by atoms with E-state index < -0.39 is 42.5 Å². The van der Waals surface area contributed by atoms with Crippen molar-refractivity contribution in [3.8, 4) is 0 Å². The molecule has 1 unspecified atom stereocenters. The molecule has 0 spiro atoms. The lowest BCUT2D eigenvalue weighted by atomic mass is 9.97. The van der Waals surface area contributed by atoms with Crippen LogP contribution in [0.1, 0.15) is 6.92 Å². The topological polar surface area (TPSA) is 151 Å². The van der Waals surface area contributed by atoms with E-state index in [1.807, 2.05) is 0 Å². The Labute approximate surface area is 109 Å². The van der Waals surface area contributed by atoms with Crippen LogP contribution in [0.3, 0.4) is 0 Å². The average Bonchev–Trinajstić information content (AvgIpc) is 2.36. The van der Waals surface area contributed by atoms with Gasteiger partial charge in [0, 0.05) is 6.92 Å². The molecule has 1 rings (SSSR count). The first-order valence-corrected chi connectivity index (χ1v) is 5.69. The van der Waals surface area contributed by atoms with Gasteiger partial charge in [-0.15, -0.1) is 0 Å². The summed E-state index contributed by atoms with van der Waals surface area (Å²) in [5, 5.41) is 31.4. The van der Waals surface area contributed by atoms with E-state index in [0.29, 0.717) is 0 Å². The Kier molecular flexibility index (Phi) is 5.63. The molecular formula is C10H18N2O7. The second-order valence-corrected chi connectivity index (χ2v) is 4.16. The maximum absolute atomic E-state index is 10.9. The van der Waals surface area contributed by atoms with Crippen LogP contribution in [0, 0.1) is 0 Å². The lowest BCUT2D eigenvalue weighted by Crippen LogP contribution is -2.64. The number of nitrogens with two attached hydrogens (primary N) is 1. The summed E-state index contributed by atoms with van der Waals surface area (Å²) in [6, 6.07) is -1.16. The lowest BCUT2D eigenvalue weighted by molar-refractivity contribution is -0.255. The number of nitrogens with one attached hydrogen (secondary N) is 1. The molecule has 1 saturated heterocycles. The third-order valence-electron chi connectivity index (χ3n) is 2.67. The maximum atomic E-state index is 10.9. The fourth-order valence-corrected chi connectivity index (χ4v) is 1.71. The van der Waals surface area contributed by atoms with Crippen molar-refractivity contribution in [3.63, 3.8) is 0 Å². The Balaban J connectivity index is 2.61. The molecule has 0 aromatic rings. The van der Waals surface area contributed by atoms with Crippen molar-refractivity contribution in [3.05, 3.63) is 0 Å². The molecule has 0 aromatic carbocycles. The molecule has 5 atom stereocenters. The maximum Gasteiger partial charge on any atom is 0.319 e. The zero-order valence-corrected chi connectivity index (χ0v) is 10.4. The van der Waals surface area contributed by atoms with E-state index in [1.54, 1.807) is 0 Å². The van der Waals surface area contributed by atoms with E-state index in [1.165, 1.54) is 6.92 Å². The van der Waals surface area contributed by atoms with E-state index >= 15 is 0 Å². The van der Waals surface area contributed by atoms with Gasteiger partial charge in [-0.05, 0) is 0 Å². The summed E-state index contributed by atoms with van der Waals surface area (Å²) in [4.78, 5) is 21.8. The smallest absolute Gasteiger partial charge is 0.319 e. The van der Waals surface area contributed by atoms with E-state index in [4.69, 9.17) is 10.5 Å². The van der Waals surface area contributed by atoms with Gasteiger partial charge in [0.1, 0.15) is 31.0 Å². The van der Waals surface area contributed by atoms with Gasteiger partial charge >= 0.3 is 5.97 Å². The molecular weight excluding hydrogens is 260 g/mol. The van der Waals surface area contributed by atoms with E-state index in [0.717, 1.165) is 0 Å². The van der Waals surface area contributed by atoms with Gasteiger partial charge in [-0.1, -0.05) is 0 Å². The molecule has 6 N–H and O–H groups in total. The van der Waals surface area contributed by atoms with Crippen molar-refractivity contribution in [1.82, 2.24) is 5.32 Å². The number of amides is 1. The summed E-state index contributed by atoms with van der Waals surface area (Å²) >= 11 is 0. The highest BCUT2D eigenvalue weighted by Crippen LogP contribution is 2.20. The van der Waals surface area contributed by atoms with Crippen LogP contribution in [0.5, 0.6) is 0 Å². The minimum absolute atomic E-state index is 0.331. The lowest BCUT2D eigenvalue weighted by Gasteiger charge is -2.40. The highest BCUT2D eigenvalue weighted by molar-refractivity contribution is 5.73. The minimum atomic E-state index is -1.52. The third-order valence-corrected chi connectivity index (χ3v) is 2.67. The van der Waals surface area contributed by atoms with Crippen LogP contribution >= 0.6 is 0 Å². The molecule has 1 amide bonds. The molecule has 9 heteroatoms. The summed E-state index contributed by atoms with van der Waals surface area (Å²) in [5.74, 6) is -1.20. The van der Waals surface area contributed by atoms with E-state index in [2.05, 4.69) is 10.1 Å². The molecule has 0 saturated carbocycles. The summed E-state index contributed by atoms with van der Waals surface area (Å²) in [7, 11) is 0. The van der Waals surface area contributed by atoms with E-state index in [-0.39, 0.29) is 13.2 Å². The largest absolute Gasteiger partial charge is 0.462 e. The van der Waals surface area contributed by atoms with Crippen LogP contribution in [-0.4, -0.2) is 71.0 Å². The Morgan fingerprint density at radius 2 is 1.95 bits per heavy atom. The molecule has 19 heavy (non-hydrogen) atoms. The predicted molar refractivity (Wildman–Crippen MR) is 60.5 cm³/mol. The summed E-state index contributed by atoms with van der Waals surface area (Å²) in [6.45, 7) is 0.501. The molecule has 1 heterocycles. The first-order chi connectivity index (χ1) is 8.86. The molecule has 1 aliphatic rings. The van der Waals surface area contributed by atoms with Crippen LogP contribution < -0.4 is 11.1 Å². The number of aliphatic hydroxyl groups is 3.